The van der Waals surface area contributed by atoms with Crippen LogP contribution in [-0.4, -0.2) is 27.3 Å². The molecule has 86 valence electrons. The highest BCUT2D eigenvalue weighted by molar-refractivity contribution is 7.99. The van der Waals surface area contributed by atoms with Crippen LogP contribution in [0.25, 0.3) is 0 Å². The van der Waals surface area contributed by atoms with Crippen LogP contribution in [-0.2, 0) is 13.0 Å². The number of hydrogen-bond acceptors (Lipinski definition) is 4. The summed E-state index contributed by atoms with van der Waals surface area (Å²) in [6, 6.07) is 0.337. The summed E-state index contributed by atoms with van der Waals surface area (Å²) >= 11 is 1.90. The summed E-state index contributed by atoms with van der Waals surface area (Å²) in [4.78, 5) is 0. The van der Waals surface area contributed by atoms with Crippen molar-refractivity contribution >= 4 is 11.8 Å². The number of hydrazine groups is 1. The molecule has 0 bridgehead atoms. The number of thioether (sulfide) groups is 1. The molecule has 4 nitrogen and oxygen atoms in total. The molecule has 0 spiro atoms. The number of nitrogens with one attached hydrogen (secondary N) is 1. The van der Waals surface area contributed by atoms with Crippen molar-refractivity contribution in [2.24, 2.45) is 5.84 Å². The Kier molecular flexibility index (Phi) is 5.75. The molecule has 0 aromatic carbocycles. The molecule has 0 radical (unpaired) electrons. The fourth-order valence-electron chi connectivity index (χ4n) is 1.40. The van der Waals surface area contributed by atoms with Crippen molar-refractivity contribution in [2.75, 3.05) is 11.5 Å². The molecule has 0 fully saturated rings. The maximum Gasteiger partial charge on any atom is 0.0522 e. The van der Waals surface area contributed by atoms with E-state index in [1.54, 1.807) is 0 Å². The first-order valence-electron chi connectivity index (χ1n) is 5.35. The average molecular weight is 228 g/mol. The minimum Gasteiger partial charge on any atom is -0.273 e. The van der Waals surface area contributed by atoms with Gasteiger partial charge in [0.05, 0.1) is 6.20 Å². The van der Waals surface area contributed by atoms with E-state index in [1.165, 1.54) is 5.56 Å². The number of nitrogens with two attached hydrogens (primary N) is 1. The second-order valence-corrected chi connectivity index (χ2v) is 4.75. The highest BCUT2D eigenvalue weighted by Crippen LogP contribution is 2.07. The van der Waals surface area contributed by atoms with Gasteiger partial charge in [0.1, 0.15) is 0 Å². The standard InChI is InChI=1S/C10H20N4S/c1-3-14-7-9(6-12-14)5-10(13-11)8-15-4-2/h6-7,10,13H,3-5,8,11H2,1-2H3. The van der Waals surface area contributed by atoms with Gasteiger partial charge < -0.3 is 0 Å². The van der Waals surface area contributed by atoms with Gasteiger partial charge in [-0.1, -0.05) is 6.92 Å². The Balaban J connectivity index is 2.43. The molecule has 15 heavy (non-hydrogen) atoms. The van der Waals surface area contributed by atoms with Crippen LogP contribution in [0.3, 0.4) is 0 Å². The second kappa shape index (κ2) is 6.87. The van der Waals surface area contributed by atoms with Crippen LogP contribution in [0.5, 0.6) is 0 Å². The van der Waals surface area contributed by atoms with Gasteiger partial charge in [-0.15, -0.1) is 0 Å². The van der Waals surface area contributed by atoms with Crippen molar-refractivity contribution in [3.8, 4) is 0 Å². The number of aryl methyl sites for hydroxylation is 1. The van der Waals surface area contributed by atoms with Gasteiger partial charge in [-0.25, -0.2) is 0 Å². The van der Waals surface area contributed by atoms with Crippen LogP contribution in [0.1, 0.15) is 19.4 Å². The molecule has 1 rings (SSSR count). The Labute approximate surface area is 95.6 Å². The van der Waals surface area contributed by atoms with Gasteiger partial charge in [0.15, 0.2) is 0 Å². The number of rotatable bonds is 7. The Morgan fingerprint density at radius 1 is 1.60 bits per heavy atom. The fraction of sp³-hybridized carbons (Fsp3) is 0.700. The molecule has 0 aliphatic heterocycles. The van der Waals surface area contributed by atoms with Crippen molar-refractivity contribution in [3.05, 3.63) is 18.0 Å². The van der Waals surface area contributed by atoms with Crippen LogP contribution in [0.2, 0.25) is 0 Å². The first kappa shape index (κ1) is 12.5. The third-order valence-electron chi connectivity index (χ3n) is 2.25. The Morgan fingerprint density at radius 3 is 2.93 bits per heavy atom. The molecule has 0 amide bonds. The number of hydrogen-bond donors (Lipinski definition) is 2. The van der Waals surface area contributed by atoms with Crippen molar-refractivity contribution in [2.45, 2.75) is 32.9 Å². The fourth-order valence-corrected chi connectivity index (χ4v) is 2.13. The lowest BCUT2D eigenvalue weighted by Crippen LogP contribution is -2.38. The van der Waals surface area contributed by atoms with E-state index in [0.29, 0.717) is 6.04 Å². The molecule has 1 heterocycles. The van der Waals surface area contributed by atoms with Crippen LogP contribution in [0.4, 0.5) is 0 Å². The van der Waals surface area contributed by atoms with E-state index < -0.39 is 0 Å². The first-order chi connectivity index (χ1) is 7.30. The molecule has 0 aliphatic carbocycles. The van der Waals surface area contributed by atoms with Gasteiger partial charge >= 0.3 is 0 Å². The smallest absolute Gasteiger partial charge is 0.0522 e. The largest absolute Gasteiger partial charge is 0.273 e. The summed E-state index contributed by atoms with van der Waals surface area (Å²) in [5, 5.41) is 4.24. The van der Waals surface area contributed by atoms with Gasteiger partial charge in [-0.05, 0) is 24.7 Å². The molecular weight excluding hydrogens is 208 g/mol. The average Bonchev–Trinajstić information content (AvgIpc) is 2.71. The zero-order valence-corrected chi connectivity index (χ0v) is 10.3. The number of nitrogens with zero attached hydrogens (tertiary/aromatic N) is 2. The Hall–Kier alpha value is -0.520. The summed E-state index contributed by atoms with van der Waals surface area (Å²) in [7, 11) is 0. The zero-order chi connectivity index (χ0) is 11.1. The first-order valence-corrected chi connectivity index (χ1v) is 6.50. The van der Waals surface area contributed by atoms with Crippen LogP contribution < -0.4 is 11.3 Å². The predicted octanol–water partition coefficient (Wildman–Crippen LogP) is 1.03. The molecule has 1 unspecified atom stereocenters. The molecule has 0 saturated carbocycles. The molecule has 0 aliphatic rings. The van der Waals surface area contributed by atoms with E-state index in [1.807, 2.05) is 22.6 Å². The van der Waals surface area contributed by atoms with Gasteiger partial charge in [0.2, 0.25) is 0 Å². The lowest BCUT2D eigenvalue weighted by Gasteiger charge is -2.13. The summed E-state index contributed by atoms with van der Waals surface area (Å²) in [6.07, 6.45) is 4.95. The molecular formula is C10H20N4S. The predicted molar refractivity (Wildman–Crippen MR) is 65.7 cm³/mol. The van der Waals surface area contributed by atoms with E-state index in [9.17, 15) is 0 Å². The minimum absolute atomic E-state index is 0.337. The zero-order valence-electron chi connectivity index (χ0n) is 9.44. The topological polar surface area (TPSA) is 55.9 Å². The molecule has 1 aromatic heterocycles. The van der Waals surface area contributed by atoms with Crippen LogP contribution in [0, 0.1) is 0 Å². The van der Waals surface area contributed by atoms with Crippen molar-refractivity contribution in [1.82, 2.24) is 15.2 Å². The summed E-state index contributed by atoms with van der Waals surface area (Å²) < 4.78 is 1.94. The third kappa shape index (κ3) is 4.24. The second-order valence-electron chi connectivity index (χ2n) is 3.43. The SMILES string of the molecule is CCSCC(Cc1cnn(CC)c1)NN. The summed E-state index contributed by atoms with van der Waals surface area (Å²) in [5.74, 6) is 7.69. The minimum atomic E-state index is 0.337. The van der Waals surface area contributed by atoms with E-state index in [0.717, 1.165) is 24.5 Å². The van der Waals surface area contributed by atoms with Crippen molar-refractivity contribution < 1.29 is 0 Å². The van der Waals surface area contributed by atoms with E-state index >= 15 is 0 Å². The highest BCUT2D eigenvalue weighted by Gasteiger charge is 2.08. The van der Waals surface area contributed by atoms with Crippen LogP contribution >= 0.6 is 11.8 Å². The Morgan fingerprint density at radius 2 is 2.40 bits per heavy atom. The van der Waals surface area contributed by atoms with Gasteiger partial charge in [0.25, 0.3) is 0 Å². The maximum absolute atomic E-state index is 5.51. The summed E-state index contributed by atoms with van der Waals surface area (Å²) in [5.41, 5.74) is 4.10. The van der Waals surface area contributed by atoms with E-state index in [2.05, 4.69) is 30.6 Å². The van der Waals surface area contributed by atoms with Gasteiger partial charge in [0, 0.05) is 24.5 Å². The molecule has 5 heteroatoms. The monoisotopic (exact) mass is 228 g/mol. The van der Waals surface area contributed by atoms with Crippen molar-refractivity contribution in [3.63, 3.8) is 0 Å². The molecule has 0 saturated heterocycles. The third-order valence-corrected chi connectivity index (χ3v) is 3.30. The van der Waals surface area contributed by atoms with Gasteiger partial charge in [-0.3, -0.25) is 16.0 Å². The molecule has 1 atom stereocenters. The molecule has 3 N–H and O–H groups in total. The Bertz CT molecular complexity index is 274. The quantitative estimate of drug-likeness (QED) is 0.540. The van der Waals surface area contributed by atoms with Crippen molar-refractivity contribution in [1.29, 1.82) is 0 Å². The lowest BCUT2D eigenvalue weighted by molar-refractivity contribution is 0.574. The normalized spacial score (nSPS) is 13.0. The highest BCUT2D eigenvalue weighted by atomic mass is 32.2. The maximum atomic E-state index is 5.51. The summed E-state index contributed by atoms with van der Waals surface area (Å²) in [6.45, 7) is 5.17. The van der Waals surface area contributed by atoms with E-state index in [-0.39, 0.29) is 0 Å². The van der Waals surface area contributed by atoms with Crippen LogP contribution in [0.15, 0.2) is 12.4 Å². The molecule has 1 aromatic rings. The number of aromatic nitrogens is 2. The van der Waals surface area contributed by atoms with Gasteiger partial charge in [-0.2, -0.15) is 16.9 Å². The van der Waals surface area contributed by atoms with E-state index in [4.69, 9.17) is 5.84 Å². The lowest BCUT2D eigenvalue weighted by atomic mass is 10.1.